The number of phenolic OH excluding ortho intramolecular Hbond substituents is 1. The van der Waals surface area contributed by atoms with Crippen LogP contribution in [0.1, 0.15) is 90.1 Å². The van der Waals surface area contributed by atoms with Gasteiger partial charge in [-0.05, 0) is 57.6 Å². The summed E-state index contributed by atoms with van der Waals surface area (Å²) in [6, 6.07) is 15.2. The Morgan fingerprint density at radius 2 is 1.71 bits per heavy atom. The number of hydrogen-bond acceptors (Lipinski definition) is 7. The van der Waals surface area contributed by atoms with Crippen LogP contribution in [0.2, 0.25) is 0 Å². The Kier molecular flexibility index (Phi) is 8.01. The number of hydrazine groups is 1. The third-order valence-corrected chi connectivity index (χ3v) is 8.23. The molecule has 1 heterocycles. The summed E-state index contributed by atoms with van der Waals surface area (Å²) in [4.78, 5) is 30.5. The fraction of sp³-hybridized carbons (Fsp3) is 0.371. The first-order valence-electron chi connectivity index (χ1n) is 14.6. The van der Waals surface area contributed by atoms with Gasteiger partial charge in [0, 0.05) is 11.1 Å². The molecule has 0 saturated carbocycles. The second kappa shape index (κ2) is 11.4. The summed E-state index contributed by atoms with van der Waals surface area (Å²) in [5, 5.41) is 14.5. The molecule has 0 aromatic heterocycles. The number of rotatable bonds is 8. The molecular weight excluding hydrogens is 526 g/mol. The van der Waals surface area contributed by atoms with Gasteiger partial charge in [-0.15, -0.1) is 5.59 Å². The number of anilines is 2. The number of nitrogens with one attached hydrogen (secondary N) is 3. The number of aromatic hydroxyl groups is 1. The Balaban J connectivity index is 1.23. The highest BCUT2D eigenvalue weighted by Gasteiger charge is 2.37. The first-order valence-corrected chi connectivity index (χ1v) is 14.6. The summed E-state index contributed by atoms with van der Waals surface area (Å²) in [7, 11) is 0. The second-order valence-corrected chi connectivity index (χ2v) is 13.3. The van der Waals surface area contributed by atoms with Gasteiger partial charge in [-0.25, -0.2) is 0 Å². The lowest BCUT2D eigenvalue weighted by Crippen LogP contribution is -2.34. The zero-order valence-electron chi connectivity index (χ0n) is 25.3. The van der Waals surface area contributed by atoms with Crippen molar-refractivity contribution in [2.24, 2.45) is 5.92 Å². The van der Waals surface area contributed by atoms with Crippen LogP contribution in [-0.2, 0) is 28.5 Å². The molecule has 4 N–H and O–H groups in total. The monoisotopic (exact) mass is 567 g/mol. The van der Waals surface area contributed by atoms with E-state index in [1.807, 2.05) is 36.4 Å². The molecule has 7 nitrogen and oxygen atoms in total. The van der Waals surface area contributed by atoms with Gasteiger partial charge in [-0.3, -0.25) is 19.9 Å². The third-order valence-electron chi connectivity index (χ3n) is 8.23. The smallest absolute Gasteiger partial charge is 0.168 e. The summed E-state index contributed by atoms with van der Waals surface area (Å²) < 4.78 is 0. The van der Waals surface area contributed by atoms with E-state index in [0.717, 1.165) is 45.5 Å². The van der Waals surface area contributed by atoms with Gasteiger partial charge in [0.15, 0.2) is 5.78 Å². The summed E-state index contributed by atoms with van der Waals surface area (Å²) in [5.74, 6) is 0.147. The molecule has 3 aromatic carbocycles. The Morgan fingerprint density at radius 3 is 2.38 bits per heavy atom. The van der Waals surface area contributed by atoms with Gasteiger partial charge in [-0.1, -0.05) is 96.2 Å². The summed E-state index contributed by atoms with van der Waals surface area (Å²) in [6.45, 7) is 13.1. The zero-order chi connectivity index (χ0) is 30.2. The van der Waals surface area contributed by atoms with Crippen LogP contribution < -0.4 is 16.3 Å². The SMILES string of the molecule is CC(C)(C)c1cc(CCONNc2cccc3c2NC(C2Cc4c(C=O)cccc4C2=O)C=C3)cc(C(C)(C)C)c1O. The molecule has 0 radical (unpaired) electrons. The number of carbonyl (C=O) groups is 2. The molecule has 2 atom stereocenters. The number of phenols is 1. The van der Waals surface area contributed by atoms with E-state index in [9.17, 15) is 14.7 Å². The van der Waals surface area contributed by atoms with Crippen LogP contribution in [-0.4, -0.2) is 29.8 Å². The minimum atomic E-state index is -0.288. The highest BCUT2D eigenvalue weighted by molar-refractivity contribution is 6.05. The molecule has 2 unspecified atom stereocenters. The predicted octanol–water partition coefficient (Wildman–Crippen LogP) is 6.75. The molecule has 220 valence electrons. The van der Waals surface area contributed by atoms with E-state index < -0.39 is 0 Å². The summed E-state index contributed by atoms with van der Waals surface area (Å²) >= 11 is 0. The van der Waals surface area contributed by atoms with E-state index in [1.54, 1.807) is 12.1 Å². The molecule has 3 aromatic rings. The van der Waals surface area contributed by atoms with Gasteiger partial charge < -0.3 is 10.4 Å². The van der Waals surface area contributed by atoms with Crippen molar-refractivity contribution < 1.29 is 19.5 Å². The molecule has 5 rings (SSSR count). The van der Waals surface area contributed by atoms with E-state index in [2.05, 4.69) is 70.0 Å². The molecule has 0 bridgehead atoms. The van der Waals surface area contributed by atoms with Gasteiger partial charge in [-0.2, -0.15) is 0 Å². The Hall–Kier alpha value is -3.94. The number of benzene rings is 3. The first kappa shape index (κ1) is 29.5. The summed E-state index contributed by atoms with van der Waals surface area (Å²) in [5.41, 5.74) is 13.4. The van der Waals surface area contributed by atoms with E-state index in [-0.39, 0.29) is 28.6 Å². The lowest BCUT2D eigenvalue weighted by atomic mass is 9.78. The molecule has 0 amide bonds. The lowest BCUT2D eigenvalue weighted by Gasteiger charge is -2.28. The molecule has 2 aliphatic rings. The molecular formula is C35H41N3O4. The Bertz CT molecular complexity index is 1510. The average Bonchev–Trinajstić information content (AvgIpc) is 3.28. The third kappa shape index (κ3) is 5.85. The van der Waals surface area contributed by atoms with Gasteiger partial charge in [0.2, 0.25) is 0 Å². The van der Waals surface area contributed by atoms with Crippen LogP contribution in [0.4, 0.5) is 11.4 Å². The quantitative estimate of drug-likeness (QED) is 0.136. The molecule has 42 heavy (non-hydrogen) atoms. The maximum absolute atomic E-state index is 13.2. The molecule has 1 aliphatic carbocycles. The van der Waals surface area contributed by atoms with Crippen LogP contribution in [0.25, 0.3) is 6.08 Å². The largest absolute Gasteiger partial charge is 0.507 e. The maximum atomic E-state index is 13.2. The van der Waals surface area contributed by atoms with Crippen molar-refractivity contribution in [3.8, 4) is 5.75 Å². The van der Waals surface area contributed by atoms with Crippen molar-refractivity contribution in [1.29, 1.82) is 0 Å². The molecule has 0 saturated heterocycles. The number of aldehydes is 1. The highest BCUT2D eigenvalue weighted by Crippen LogP contribution is 2.40. The van der Waals surface area contributed by atoms with Crippen molar-refractivity contribution in [3.63, 3.8) is 0 Å². The van der Waals surface area contributed by atoms with Crippen LogP contribution in [0.5, 0.6) is 5.75 Å². The van der Waals surface area contributed by atoms with Crippen LogP contribution in [0.15, 0.2) is 54.6 Å². The van der Waals surface area contributed by atoms with E-state index in [4.69, 9.17) is 4.84 Å². The Labute approximate surface area is 248 Å². The van der Waals surface area contributed by atoms with Crippen LogP contribution in [0, 0.1) is 5.92 Å². The zero-order valence-corrected chi connectivity index (χ0v) is 25.3. The van der Waals surface area contributed by atoms with Crippen molar-refractivity contribution in [1.82, 2.24) is 5.59 Å². The van der Waals surface area contributed by atoms with Crippen molar-refractivity contribution >= 4 is 29.5 Å². The second-order valence-electron chi connectivity index (χ2n) is 13.3. The highest BCUT2D eigenvalue weighted by atomic mass is 16.7. The van der Waals surface area contributed by atoms with E-state index >= 15 is 0 Å². The number of carbonyl (C=O) groups excluding carboxylic acids is 2. The predicted molar refractivity (Wildman–Crippen MR) is 168 cm³/mol. The number of ketones is 1. The fourth-order valence-electron chi connectivity index (χ4n) is 5.90. The minimum absolute atomic E-state index is 0.0599. The normalized spacial score (nSPS) is 17.9. The van der Waals surface area contributed by atoms with E-state index in [1.165, 1.54) is 0 Å². The van der Waals surface area contributed by atoms with Gasteiger partial charge in [0.25, 0.3) is 0 Å². The van der Waals surface area contributed by atoms with Crippen LogP contribution >= 0.6 is 0 Å². The fourth-order valence-corrected chi connectivity index (χ4v) is 5.90. The molecule has 0 fully saturated rings. The van der Waals surface area contributed by atoms with Gasteiger partial charge >= 0.3 is 0 Å². The molecule has 1 aliphatic heterocycles. The van der Waals surface area contributed by atoms with Crippen molar-refractivity contribution in [2.45, 2.75) is 71.3 Å². The van der Waals surface area contributed by atoms with Crippen molar-refractivity contribution in [3.05, 3.63) is 93.6 Å². The first-order chi connectivity index (χ1) is 19.9. The van der Waals surface area contributed by atoms with Gasteiger partial charge in [0.05, 0.1) is 29.9 Å². The van der Waals surface area contributed by atoms with Crippen molar-refractivity contribution in [2.75, 3.05) is 17.3 Å². The number of hydrogen-bond donors (Lipinski definition) is 4. The molecule has 7 heteroatoms. The minimum Gasteiger partial charge on any atom is -0.507 e. The number of para-hydroxylation sites is 1. The standard InChI is InChI=1S/C35H41N3O4/c1-34(2,3)27-17-21(18-28(33(27)41)35(4,5)6)15-16-42-38-37-30-12-8-9-22-13-14-29(36-31(22)30)26-19-25-23(20-39)10-7-11-24(25)32(26)40/h7-14,17-18,20,26,29,36-38,41H,15-16,19H2,1-6H3. The van der Waals surface area contributed by atoms with E-state index in [0.29, 0.717) is 36.3 Å². The average molecular weight is 568 g/mol. The number of Topliss-reactive ketones (excluding diaryl/α,β-unsaturated/α-hetero) is 1. The Morgan fingerprint density at radius 1 is 1.02 bits per heavy atom. The number of fused-ring (bicyclic) bond motifs is 2. The van der Waals surface area contributed by atoms with Crippen LogP contribution in [0.3, 0.4) is 0 Å². The van der Waals surface area contributed by atoms with Gasteiger partial charge in [0.1, 0.15) is 12.0 Å². The maximum Gasteiger partial charge on any atom is 0.168 e. The lowest BCUT2D eigenvalue weighted by molar-refractivity contribution is 0.0594. The topological polar surface area (TPSA) is 99.7 Å². The summed E-state index contributed by atoms with van der Waals surface area (Å²) in [6.07, 6.45) is 6.09. The molecule has 0 spiro atoms.